The highest BCUT2D eigenvalue weighted by Crippen LogP contribution is 2.11. The lowest BCUT2D eigenvalue weighted by Gasteiger charge is -2.06. The zero-order chi connectivity index (χ0) is 10.2. The minimum absolute atomic E-state index is 0.624. The van der Waals surface area contributed by atoms with E-state index in [1.54, 1.807) is 0 Å². The zero-order valence-electron chi connectivity index (χ0n) is 8.58. The molecular formula is C12H17BrO. The molecule has 0 heterocycles. The molecule has 0 radical (unpaired) electrons. The van der Waals surface area contributed by atoms with Crippen LogP contribution in [0.2, 0.25) is 0 Å². The van der Waals surface area contributed by atoms with E-state index in [0.29, 0.717) is 4.83 Å². The number of benzene rings is 1. The Hall–Kier alpha value is -0.500. The second-order valence-corrected chi connectivity index (χ2v) is 5.00. The maximum Gasteiger partial charge on any atom is 0.119 e. The third kappa shape index (κ3) is 5.28. The number of para-hydroxylation sites is 1. The first-order valence-corrected chi connectivity index (χ1v) is 6.02. The second kappa shape index (κ2) is 6.88. The average molecular weight is 257 g/mol. The average Bonchev–Trinajstić information content (AvgIpc) is 2.18. The van der Waals surface area contributed by atoms with Crippen molar-refractivity contribution in [3.8, 4) is 5.75 Å². The topological polar surface area (TPSA) is 9.23 Å². The van der Waals surface area contributed by atoms with Crippen molar-refractivity contribution in [3.05, 3.63) is 30.3 Å². The van der Waals surface area contributed by atoms with E-state index in [1.807, 2.05) is 30.3 Å². The van der Waals surface area contributed by atoms with Gasteiger partial charge in [0.05, 0.1) is 6.61 Å². The minimum Gasteiger partial charge on any atom is -0.494 e. The number of rotatable bonds is 6. The van der Waals surface area contributed by atoms with Gasteiger partial charge < -0.3 is 4.74 Å². The van der Waals surface area contributed by atoms with Crippen LogP contribution in [-0.4, -0.2) is 11.4 Å². The van der Waals surface area contributed by atoms with Crippen LogP contribution in [0.15, 0.2) is 30.3 Å². The largest absolute Gasteiger partial charge is 0.494 e. The fraction of sp³-hybridized carbons (Fsp3) is 0.500. The first-order valence-electron chi connectivity index (χ1n) is 5.11. The van der Waals surface area contributed by atoms with Crippen molar-refractivity contribution in [2.75, 3.05) is 6.61 Å². The summed E-state index contributed by atoms with van der Waals surface area (Å²) in [6.45, 7) is 3.00. The molecule has 0 saturated carbocycles. The molecule has 0 N–H and O–H groups in total. The highest BCUT2D eigenvalue weighted by molar-refractivity contribution is 9.09. The van der Waals surface area contributed by atoms with Crippen molar-refractivity contribution < 1.29 is 4.74 Å². The molecule has 0 aliphatic heterocycles. The first kappa shape index (κ1) is 11.6. The number of ether oxygens (including phenoxy) is 1. The van der Waals surface area contributed by atoms with Crippen LogP contribution >= 0.6 is 15.9 Å². The van der Waals surface area contributed by atoms with Gasteiger partial charge in [0.15, 0.2) is 0 Å². The SMILES string of the molecule is CC(Br)CCCCOc1ccccc1. The van der Waals surface area contributed by atoms with Gasteiger partial charge in [-0.2, -0.15) is 0 Å². The Morgan fingerprint density at radius 1 is 1.21 bits per heavy atom. The van der Waals surface area contributed by atoms with Crippen molar-refractivity contribution in [1.29, 1.82) is 0 Å². The van der Waals surface area contributed by atoms with Crippen molar-refractivity contribution >= 4 is 15.9 Å². The van der Waals surface area contributed by atoms with Crippen LogP contribution < -0.4 is 4.74 Å². The monoisotopic (exact) mass is 256 g/mol. The predicted molar refractivity (Wildman–Crippen MR) is 64.2 cm³/mol. The number of hydrogen-bond donors (Lipinski definition) is 0. The number of halogens is 1. The van der Waals surface area contributed by atoms with Crippen LogP contribution in [0.5, 0.6) is 5.75 Å². The molecule has 1 atom stereocenters. The maximum atomic E-state index is 5.57. The Morgan fingerprint density at radius 2 is 1.93 bits per heavy atom. The summed E-state index contributed by atoms with van der Waals surface area (Å²) >= 11 is 3.53. The highest BCUT2D eigenvalue weighted by Gasteiger charge is 1.96. The summed E-state index contributed by atoms with van der Waals surface area (Å²) < 4.78 is 5.57. The van der Waals surface area contributed by atoms with Gasteiger partial charge in [-0.1, -0.05) is 41.1 Å². The van der Waals surface area contributed by atoms with Crippen LogP contribution in [-0.2, 0) is 0 Å². The van der Waals surface area contributed by atoms with Crippen molar-refractivity contribution in [2.24, 2.45) is 0 Å². The Labute approximate surface area is 94.6 Å². The van der Waals surface area contributed by atoms with Gasteiger partial charge in [0.25, 0.3) is 0 Å². The molecule has 0 fully saturated rings. The van der Waals surface area contributed by atoms with Gasteiger partial charge >= 0.3 is 0 Å². The van der Waals surface area contributed by atoms with Gasteiger partial charge in [0.2, 0.25) is 0 Å². The van der Waals surface area contributed by atoms with Crippen LogP contribution in [0.4, 0.5) is 0 Å². The van der Waals surface area contributed by atoms with Gasteiger partial charge in [0.1, 0.15) is 5.75 Å². The second-order valence-electron chi connectivity index (χ2n) is 3.44. The summed E-state index contributed by atoms with van der Waals surface area (Å²) in [4.78, 5) is 0.624. The molecule has 78 valence electrons. The summed E-state index contributed by atoms with van der Waals surface area (Å²) in [5.74, 6) is 0.972. The molecule has 1 nitrogen and oxygen atoms in total. The van der Waals surface area contributed by atoms with Crippen LogP contribution in [0.3, 0.4) is 0 Å². The molecule has 0 aliphatic carbocycles. The van der Waals surface area contributed by atoms with Crippen LogP contribution in [0.25, 0.3) is 0 Å². The van der Waals surface area contributed by atoms with E-state index in [1.165, 1.54) is 12.8 Å². The summed E-state index contributed by atoms with van der Waals surface area (Å²) in [5, 5.41) is 0. The normalized spacial score (nSPS) is 12.4. The number of unbranched alkanes of at least 4 members (excludes halogenated alkanes) is 1. The fourth-order valence-electron chi connectivity index (χ4n) is 1.23. The van der Waals surface area contributed by atoms with Crippen LogP contribution in [0.1, 0.15) is 26.2 Å². The van der Waals surface area contributed by atoms with E-state index in [-0.39, 0.29) is 0 Å². The van der Waals surface area contributed by atoms with E-state index < -0.39 is 0 Å². The van der Waals surface area contributed by atoms with Crippen molar-refractivity contribution in [3.63, 3.8) is 0 Å². The molecule has 1 rings (SSSR count). The lowest BCUT2D eigenvalue weighted by Crippen LogP contribution is -1.98. The third-order valence-corrected chi connectivity index (χ3v) is 2.47. The highest BCUT2D eigenvalue weighted by atomic mass is 79.9. The van der Waals surface area contributed by atoms with Gasteiger partial charge in [-0.15, -0.1) is 0 Å². The molecule has 0 amide bonds. The molecule has 1 unspecified atom stereocenters. The van der Waals surface area contributed by atoms with Gasteiger partial charge in [-0.25, -0.2) is 0 Å². The predicted octanol–water partition coefficient (Wildman–Crippen LogP) is 4.02. The Bertz CT molecular complexity index is 233. The first-order chi connectivity index (χ1) is 6.79. The van der Waals surface area contributed by atoms with E-state index in [0.717, 1.165) is 18.8 Å². The fourth-order valence-corrected chi connectivity index (χ4v) is 1.56. The lowest BCUT2D eigenvalue weighted by atomic mass is 10.2. The Balaban J connectivity index is 2.05. The summed E-state index contributed by atoms with van der Waals surface area (Å²) in [6, 6.07) is 9.98. The van der Waals surface area contributed by atoms with E-state index in [9.17, 15) is 0 Å². The third-order valence-electron chi connectivity index (χ3n) is 2.01. The molecular weight excluding hydrogens is 240 g/mol. The molecule has 1 aromatic rings. The van der Waals surface area contributed by atoms with Crippen molar-refractivity contribution in [2.45, 2.75) is 31.0 Å². The minimum atomic E-state index is 0.624. The standard InChI is InChI=1S/C12H17BrO/c1-11(13)7-5-6-10-14-12-8-3-2-4-9-12/h2-4,8-9,11H,5-7,10H2,1H3. The molecule has 1 aromatic carbocycles. The van der Waals surface area contributed by atoms with Gasteiger partial charge in [-0.05, 0) is 31.4 Å². The maximum absolute atomic E-state index is 5.57. The smallest absolute Gasteiger partial charge is 0.119 e. The summed E-state index contributed by atoms with van der Waals surface area (Å²) in [7, 11) is 0. The molecule has 0 bridgehead atoms. The summed E-state index contributed by atoms with van der Waals surface area (Å²) in [6.07, 6.45) is 3.57. The van der Waals surface area contributed by atoms with E-state index in [4.69, 9.17) is 4.74 Å². The zero-order valence-corrected chi connectivity index (χ0v) is 10.2. The molecule has 14 heavy (non-hydrogen) atoms. The molecule has 0 saturated heterocycles. The van der Waals surface area contributed by atoms with Crippen molar-refractivity contribution in [1.82, 2.24) is 0 Å². The molecule has 0 aromatic heterocycles. The Morgan fingerprint density at radius 3 is 2.57 bits per heavy atom. The molecule has 0 aliphatic rings. The molecule has 0 spiro atoms. The molecule has 2 heteroatoms. The quantitative estimate of drug-likeness (QED) is 0.552. The summed E-state index contributed by atoms with van der Waals surface area (Å²) in [5.41, 5.74) is 0. The van der Waals surface area contributed by atoms with Gasteiger partial charge in [0, 0.05) is 4.83 Å². The number of alkyl halides is 1. The Kier molecular flexibility index (Phi) is 5.69. The lowest BCUT2D eigenvalue weighted by molar-refractivity contribution is 0.305. The van der Waals surface area contributed by atoms with Crippen LogP contribution in [0, 0.1) is 0 Å². The number of hydrogen-bond acceptors (Lipinski definition) is 1. The van der Waals surface area contributed by atoms with E-state index in [2.05, 4.69) is 22.9 Å². The van der Waals surface area contributed by atoms with E-state index >= 15 is 0 Å². The van der Waals surface area contributed by atoms with Gasteiger partial charge in [-0.3, -0.25) is 0 Å².